The first-order chi connectivity index (χ1) is 9.60. The van der Waals surface area contributed by atoms with Crippen molar-refractivity contribution >= 4 is 17.7 Å². The van der Waals surface area contributed by atoms with Crippen LogP contribution >= 0.6 is 0 Å². The van der Waals surface area contributed by atoms with Gasteiger partial charge in [0.15, 0.2) is 0 Å². The molecule has 0 aromatic carbocycles. The molecule has 2 rings (SSSR count). The van der Waals surface area contributed by atoms with Gasteiger partial charge in [-0.2, -0.15) is 0 Å². The summed E-state index contributed by atoms with van der Waals surface area (Å²) in [6.45, 7) is 1.44. The Morgan fingerprint density at radius 2 is 1.95 bits per heavy atom. The predicted octanol–water partition coefficient (Wildman–Crippen LogP) is -1.29. The fourth-order valence-corrected chi connectivity index (χ4v) is 2.77. The van der Waals surface area contributed by atoms with E-state index in [1.165, 1.54) is 4.90 Å². The molecule has 1 unspecified atom stereocenters. The zero-order valence-corrected chi connectivity index (χ0v) is 11.5. The van der Waals surface area contributed by atoms with Crippen LogP contribution < -0.4 is 5.32 Å². The lowest BCUT2D eigenvalue weighted by molar-refractivity contribution is -0.136. The second-order valence-electron chi connectivity index (χ2n) is 5.34. The number of carbonyl (C=O) groups excluding carboxylic acids is 3. The molecule has 0 bridgehead atoms. The van der Waals surface area contributed by atoms with Crippen LogP contribution in [0.3, 0.4) is 0 Å². The molecular formula is C13H21N3O4. The van der Waals surface area contributed by atoms with E-state index in [4.69, 9.17) is 5.11 Å². The number of likely N-dealkylation sites (tertiary alicyclic amines) is 2. The van der Waals surface area contributed by atoms with E-state index in [0.29, 0.717) is 13.0 Å². The van der Waals surface area contributed by atoms with Crippen LogP contribution in [0.25, 0.3) is 0 Å². The van der Waals surface area contributed by atoms with Crippen LogP contribution in [0.1, 0.15) is 25.7 Å². The summed E-state index contributed by atoms with van der Waals surface area (Å²) in [5.41, 5.74) is 0. The highest BCUT2D eigenvalue weighted by molar-refractivity contribution is 5.98. The van der Waals surface area contributed by atoms with Gasteiger partial charge in [0.05, 0.1) is 19.7 Å². The van der Waals surface area contributed by atoms with E-state index in [-0.39, 0.29) is 37.6 Å². The maximum Gasteiger partial charge on any atom is 0.246 e. The van der Waals surface area contributed by atoms with Crippen molar-refractivity contribution in [1.82, 2.24) is 15.1 Å². The third-order valence-electron chi connectivity index (χ3n) is 3.84. The van der Waals surface area contributed by atoms with Crippen molar-refractivity contribution in [3.63, 3.8) is 0 Å². The molecule has 0 aliphatic carbocycles. The van der Waals surface area contributed by atoms with Gasteiger partial charge in [-0.05, 0) is 25.8 Å². The topological polar surface area (TPSA) is 90.0 Å². The zero-order chi connectivity index (χ0) is 14.5. The molecule has 2 fully saturated rings. The normalized spacial score (nSPS) is 23.4. The monoisotopic (exact) mass is 283 g/mol. The number of nitrogens with zero attached hydrogens (tertiary/aromatic N) is 2. The molecule has 0 aromatic heterocycles. The number of imide groups is 1. The number of carbonyl (C=O) groups is 3. The molecule has 2 aliphatic heterocycles. The lowest BCUT2D eigenvalue weighted by atomic mass is 10.2. The van der Waals surface area contributed by atoms with E-state index in [1.54, 1.807) is 0 Å². The highest BCUT2D eigenvalue weighted by Gasteiger charge is 2.27. The SMILES string of the molecule is O=C(CN1CCCC1=O)NC(=O)CN1CCCC1CO. The average molecular weight is 283 g/mol. The van der Waals surface area contributed by atoms with Crippen molar-refractivity contribution in [2.45, 2.75) is 31.7 Å². The van der Waals surface area contributed by atoms with Crippen molar-refractivity contribution < 1.29 is 19.5 Å². The number of amides is 3. The summed E-state index contributed by atoms with van der Waals surface area (Å²) in [5.74, 6) is -0.848. The largest absolute Gasteiger partial charge is 0.395 e. The fourth-order valence-electron chi connectivity index (χ4n) is 2.77. The van der Waals surface area contributed by atoms with Crippen LogP contribution in [0.15, 0.2) is 0 Å². The molecule has 2 aliphatic rings. The Morgan fingerprint density at radius 3 is 2.60 bits per heavy atom. The Morgan fingerprint density at radius 1 is 1.20 bits per heavy atom. The Hall–Kier alpha value is -1.47. The van der Waals surface area contributed by atoms with Gasteiger partial charge < -0.3 is 10.0 Å². The molecular weight excluding hydrogens is 262 g/mol. The number of aliphatic hydroxyl groups excluding tert-OH is 1. The summed E-state index contributed by atoms with van der Waals surface area (Å²) in [7, 11) is 0. The van der Waals surface area contributed by atoms with Gasteiger partial charge in [-0.1, -0.05) is 0 Å². The van der Waals surface area contributed by atoms with Crippen molar-refractivity contribution in [3.8, 4) is 0 Å². The predicted molar refractivity (Wildman–Crippen MR) is 70.6 cm³/mol. The summed E-state index contributed by atoms with van der Waals surface area (Å²) in [6, 6.07) is 0.0102. The van der Waals surface area contributed by atoms with Gasteiger partial charge in [0.2, 0.25) is 17.7 Å². The van der Waals surface area contributed by atoms with Crippen LogP contribution in [0, 0.1) is 0 Å². The summed E-state index contributed by atoms with van der Waals surface area (Å²) >= 11 is 0. The van der Waals surface area contributed by atoms with Crippen LogP contribution in [0.4, 0.5) is 0 Å². The average Bonchev–Trinajstić information content (AvgIpc) is 2.99. The maximum atomic E-state index is 11.8. The molecule has 2 heterocycles. The molecule has 1 atom stereocenters. The van der Waals surface area contributed by atoms with E-state index in [9.17, 15) is 14.4 Å². The summed E-state index contributed by atoms with van der Waals surface area (Å²) in [5, 5.41) is 11.5. The second kappa shape index (κ2) is 6.81. The Bertz CT molecular complexity index is 399. The zero-order valence-electron chi connectivity index (χ0n) is 11.5. The first-order valence-electron chi connectivity index (χ1n) is 7.05. The van der Waals surface area contributed by atoms with Gasteiger partial charge in [0.25, 0.3) is 0 Å². The van der Waals surface area contributed by atoms with Gasteiger partial charge in [-0.25, -0.2) is 0 Å². The molecule has 2 N–H and O–H groups in total. The van der Waals surface area contributed by atoms with Crippen molar-refractivity contribution in [2.75, 3.05) is 32.8 Å². The van der Waals surface area contributed by atoms with E-state index < -0.39 is 5.91 Å². The highest BCUT2D eigenvalue weighted by Crippen LogP contribution is 2.15. The van der Waals surface area contributed by atoms with Crippen LogP contribution in [0.2, 0.25) is 0 Å². The Kier molecular flexibility index (Phi) is 5.08. The van der Waals surface area contributed by atoms with Crippen molar-refractivity contribution in [1.29, 1.82) is 0 Å². The fraction of sp³-hybridized carbons (Fsp3) is 0.769. The Labute approximate surface area is 117 Å². The standard InChI is InChI=1S/C13H21N3O4/c17-9-10-3-1-5-15(10)7-11(18)14-12(19)8-16-6-2-4-13(16)20/h10,17H,1-9H2,(H,14,18,19). The molecule has 112 valence electrons. The highest BCUT2D eigenvalue weighted by atomic mass is 16.3. The van der Waals surface area contributed by atoms with Crippen molar-refractivity contribution in [2.24, 2.45) is 0 Å². The first kappa shape index (κ1) is 14.9. The van der Waals surface area contributed by atoms with E-state index >= 15 is 0 Å². The molecule has 3 amide bonds. The van der Waals surface area contributed by atoms with Crippen LogP contribution in [0.5, 0.6) is 0 Å². The molecule has 7 nitrogen and oxygen atoms in total. The lowest BCUT2D eigenvalue weighted by Gasteiger charge is -2.22. The van der Waals surface area contributed by atoms with Crippen LogP contribution in [-0.4, -0.2) is 71.5 Å². The number of rotatable bonds is 5. The minimum absolute atomic E-state index is 0.0102. The quantitative estimate of drug-likeness (QED) is 0.655. The minimum Gasteiger partial charge on any atom is -0.395 e. The maximum absolute atomic E-state index is 11.8. The number of hydrogen-bond donors (Lipinski definition) is 2. The molecule has 0 radical (unpaired) electrons. The molecule has 0 aromatic rings. The number of nitrogens with one attached hydrogen (secondary N) is 1. The summed E-state index contributed by atoms with van der Waals surface area (Å²) in [6.07, 6.45) is 3.08. The smallest absolute Gasteiger partial charge is 0.246 e. The lowest BCUT2D eigenvalue weighted by Crippen LogP contribution is -2.46. The van der Waals surface area contributed by atoms with Crippen LogP contribution in [-0.2, 0) is 14.4 Å². The van der Waals surface area contributed by atoms with Crippen molar-refractivity contribution in [3.05, 3.63) is 0 Å². The minimum atomic E-state index is -0.440. The summed E-state index contributed by atoms with van der Waals surface area (Å²) in [4.78, 5) is 38.2. The molecule has 7 heteroatoms. The first-order valence-corrected chi connectivity index (χ1v) is 7.05. The molecule has 0 saturated carbocycles. The molecule has 20 heavy (non-hydrogen) atoms. The van der Waals surface area contributed by atoms with Gasteiger partial charge >= 0.3 is 0 Å². The van der Waals surface area contributed by atoms with Gasteiger partial charge in [0, 0.05) is 19.0 Å². The van der Waals surface area contributed by atoms with E-state index in [2.05, 4.69) is 5.32 Å². The number of aliphatic hydroxyl groups is 1. The van der Waals surface area contributed by atoms with E-state index in [0.717, 1.165) is 25.8 Å². The Balaban J connectivity index is 1.73. The number of hydrogen-bond acceptors (Lipinski definition) is 5. The van der Waals surface area contributed by atoms with Gasteiger partial charge in [-0.3, -0.25) is 24.6 Å². The summed E-state index contributed by atoms with van der Waals surface area (Å²) < 4.78 is 0. The van der Waals surface area contributed by atoms with Gasteiger partial charge in [0.1, 0.15) is 0 Å². The third-order valence-corrected chi connectivity index (χ3v) is 3.84. The van der Waals surface area contributed by atoms with Gasteiger partial charge in [-0.15, -0.1) is 0 Å². The second-order valence-corrected chi connectivity index (χ2v) is 5.34. The third kappa shape index (κ3) is 3.77. The molecule has 2 saturated heterocycles. The van der Waals surface area contributed by atoms with E-state index in [1.807, 2.05) is 4.90 Å². The molecule has 0 spiro atoms.